The van der Waals surface area contributed by atoms with E-state index in [0.717, 1.165) is 0 Å². The quantitative estimate of drug-likeness (QED) is 0.724. The van der Waals surface area contributed by atoms with Gasteiger partial charge >= 0.3 is 12.1 Å². The van der Waals surface area contributed by atoms with Crippen LogP contribution in [-0.2, 0) is 9.47 Å². The van der Waals surface area contributed by atoms with Gasteiger partial charge in [0.25, 0.3) is 0 Å². The second kappa shape index (κ2) is 7.25. The van der Waals surface area contributed by atoms with Crippen molar-refractivity contribution in [1.82, 2.24) is 4.90 Å². The number of amides is 1. The van der Waals surface area contributed by atoms with Gasteiger partial charge in [-0.3, -0.25) is 0 Å². The van der Waals surface area contributed by atoms with E-state index >= 15 is 0 Å². The normalized spacial score (nSPS) is 19.8. The molecule has 0 aromatic heterocycles. The summed E-state index contributed by atoms with van der Waals surface area (Å²) in [5, 5.41) is 0. The molecule has 1 aliphatic heterocycles. The lowest BCUT2D eigenvalue weighted by atomic mass is 9.81. The first-order valence-electron chi connectivity index (χ1n) is 8.83. The number of esters is 1. The first-order chi connectivity index (χ1) is 12.0. The van der Waals surface area contributed by atoms with Crippen LogP contribution < -0.4 is 0 Å². The summed E-state index contributed by atoms with van der Waals surface area (Å²) in [6.45, 7) is 9.75. The Kier molecular flexibility index (Phi) is 5.64. The van der Waals surface area contributed by atoms with Gasteiger partial charge in [0.05, 0.1) is 12.7 Å². The van der Waals surface area contributed by atoms with Crippen LogP contribution in [0.2, 0.25) is 0 Å². The van der Waals surface area contributed by atoms with Gasteiger partial charge in [-0.1, -0.05) is 12.1 Å². The third-order valence-electron chi connectivity index (χ3n) is 4.73. The lowest BCUT2D eigenvalue weighted by Gasteiger charge is -2.45. The van der Waals surface area contributed by atoms with E-state index in [-0.39, 0.29) is 17.0 Å². The van der Waals surface area contributed by atoms with Crippen LogP contribution >= 0.6 is 0 Å². The molecule has 1 atom stereocenters. The third kappa shape index (κ3) is 4.34. The molecule has 1 aromatic carbocycles. The Labute approximate surface area is 154 Å². The van der Waals surface area contributed by atoms with Gasteiger partial charge in [-0.25, -0.2) is 14.0 Å². The predicted octanol–water partition coefficient (Wildman–Crippen LogP) is 4.51. The van der Waals surface area contributed by atoms with Gasteiger partial charge in [-0.05, 0) is 59.1 Å². The van der Waals surface area contributed by atoms with E-state index in [2.05, 4.69) is 4.74 Å². The Bertz CT molecular complexity index is 694. The fourth-order valence-corrected chi connectivity index (χ4v) is 3.25. The SMILES string of the molecule is COC(=O)c1cccc(C2CCC(C)(C)N(C(=O)OC(C)(C)C)C2)c1F. The van der Waals surface area contributed by atoms with Gasteiger partial charge in [0.15, 0.2) is 0 Å². The van der Waals surface area contributed by atoms with Gasteiger partial charge in [0, 0.05) is 18.0 Å². The Balaban J connectivity index is 2.30. The molecule has 6 heteroatoms. The molecule has 1 aromatic rings. The van der Waals surface area contributed by atoms with Crippen molar-refractivity contribution in [2.75, 3.05) is 13.7 Å². The summed E-state index contributed by atoms with van der Waals surface area (Å²) < 4.78 is 25.0. The highest BCUT2D eigenvalue weighted by Gasteiger charge is 2.40. The summed E-state index contributed by atoms with van der Waals surface area (Å²) in [5.41, 5.74) is -0.638. The Hall–Kier alpha value is -2.11. The van der Waals surface area contributed by atoms with Crippen LogP contribution in [0.5, 0.6) is 0 Å². The molecule has 1 heterocycles. The summed E-state index contributed by atoms with van der Waals surface area (Å²) in [5.74, 6) is -1.49. The van der Waals surface area contributed by atoms with E-state index in [4.69, 9.17) is 4.74 Å². The van der Waals surface area contributed by atoms with Gasteiger partial charge in [0.2, 0.25) is 0 Å². The lowest BCUT2D eigenvalue weighted by molar-refractivity contribution is -0.0101. The Morgan fingerprint density at radius 2 is 1.92 bits per heavy atom. The largest absolute Gasteiger partial charge is 0.465 e. The molecule has 1 fully saturated rings. The van der Waals surface area contributed by atoms with Gasteiger partial charge in [0.1, 0.15) is 11.4 Å². The van der Waals surface area contributed by atoms with E-state index in [1.807, 2.05) is 34.6 Å². The maximum Gasteiger partial charge on any atom is 0.410 e. The lowest BCUT2D eigenvalue weighted by Crippen LogP contribution is -2.54. The van der Waals surface area contributed by atoms with Gasteiger partial charge in [-0.2, -0.15) is 0 Å². The maximum absolute atomic E-state index is 14.9. The van der Waals surface area contributed by atoms with Crippen LogP contribution in [0.15, 0.2) is 18.2 Å². The standard InChI is InChI=1S/C20H28FNO4/c1-19(2,3)26-18(24)22-12-13(10-11-20(22,4)5)14-8-7-9-15(16(14)21)17(23)25-6/h7-9,13H,10-12H2,1-6H3. The number of carbonyl (C=O) groups excluding carboxylic acids is 2. The minimum Gasteiger partial charge on any atom is -0.465 e. The Morgan fingerprint density at radius 1 is 1.27 bits per heavy atom. The summed E-state index contributed by atoms with van der Waals surface area (Å²) in [6.07, 6.45) is 1.02. The van der Waals surface area contributed by atoms with E-state index in [1.54, 1.807) is 17.0 Å². The average Bonchev–Trinajstić information content (AvgIpc) is 2.52. The molecule has 0 aliphatic carbocycles. The molecule has 5 nitrogen and oxygen atoms in total. The highest BCUT2D eigenvalue weighted by atomic mass is 19.1. The van der Waals surface area contributed by atoms with E-state index in [1.165, 1.54) is 13.2 Å². The predicted molar refractivity (Wildman–Crippen MR) is 96.7 cm³/mol. The molecule has 1 unspecified atom stereocenters. The molecular weight excluding hydrogens is 337 g/mol. The topological polar surface area (TPSA) is 55.8 Å². The number of halogens is 1. The summed E-state index contributed by atoms with van der Waals surface area (Å²) in [6, 6.07) is 4.71. The number of benzene rings is 1. The van der Waals surface area contributed by atoms with Gasteiger partial charge in [-0.15, -0.1) is 0 Å². The molecule has 144 valence electrons. The van der Waals surface area contributed by atoms with Crippen LogP contribution in [0.3, 0.4) is 0 Å². The highest BCUT2D eigenvalue weighted by Crippen LogP contribution is 2.38. The zero-order valence-electron chi connectivity index (χ0n) is 16.4. The number of ether oxygens (including phenoxy) is 2. The zero-order valence-corrected chi connectivity index (χ0v) is 16.4. The number of nitrogens with zero attached hydrogens (tertiary/aromatic N) is 1. The van der Waals surface area contributed by atoms with Crippen molar-refractivity contribution in [2.24, 2.45) is 0 Å². The zero-order chi connectivity index (χ0) is 19.7. The number of carbonyl (C=O) groups is 2. The van der Waals surface area contributed by atoms with Crippen LogP contribution in [0.1, 0.15) is 69.3 Å². The first-order valence-corrected chi connectivity index (χ1v) is 8.83. The van der Waals surface area contributed by atoms with Crippen LogP contribution in [-0.4, -0.2) is 41.8 Å². The van der Waals surface area contributed by atoms with Crippen molar-refractivity contribution in [3.8, 4) is 0 Å². The monoisotopic (exact) mass is 365 g/mol. The summed E-state index contributed by atoms with van der Waals surface area (Å²) >= 11 is 0. The maximum atomic E-state index is 14.9. The summed E-state index contributed by atoms with van der Waals surface area (Å²) in [4.78, 5) is 26.1. The summed E-state index contributed by atoms with van der Waals surface area (Å²) in [7, 11) is 1.22. The number of rotatable bonds is 2. The molecule has 1 aliphatic rings. The molecular formula is C20H28FNO4. The van der Waals surface area contributed by atoms with E-state index in [9.17, 15) is 14.0 Å². The number of piperidine rings is 1. The minimum atomic E-state index is -0.704. The fraction of sp³-hybridized carbons (Fsp3) is 0.600. The number of likely N-dealkylation sites (tertiary alicyclic amines) is 1. The molecule has 0 bridgehead atoms. The second-order valence-corrected chi connectivity index (χ2v) is 8.34. The van der Waals surface area contributed by atoms with Crippen molar-refractivity contribution in [3.05, 3.63) is 35.1 Å². The molecule has 1 amide bonds. The second-order valence-electron chi connectivity index (χ2n) is 8.34. The van der Waals surface area contributed by atoms with Crippen molar-refractivity contribution in [3.63, 3.8) is 0 Å². The molecule has 0 saturated carbocycles. The van der Waals surface area contributed by atoms with Crippen molar-refractivity contribution >= 4 is 12.1 Å². The number of hydrogen-bond acceptors (Lipinski definition) is 4. The van der Waals surface area contributed by atoms with E-state index in [0.29, 0.717) is 24.9 Å². The highest BCUT2D eigenvalue weighted by molar-refractivity contribution is 5.89. The van der Waals surface area contributed by atoms with Crippen molar-refractivity contribution in [1.29, 1.82) is 0 Å². The fourth-order valence-electron chi connectivity index (χ4n) is 3.25. The average molecular weight is 365 g/mol. The number of hydrogen-bond donors (Lipinski definition) is 0. The smallest absolute Gasteiger partial charge is 0.410 e. The van der Waals surface area contributed by atoms with Crippen molar-refractivity contribution < 1.29 is 23.5 Å². The first kappa shape index (κ1) is 20.2. The van der Waals surface area contributed by atoms with Gasteiger partial charge < -0.3 is 14.4 Å². The molecule has 0 spiro atoms. The molecule has 26 heavy (non-hydrogen) atoms. The van der Waals surface area contributed by atoms with Crippen LogP contribution in [0.25, 0.3) is 0 Å². The Morgan fingerprint density at radius 3 is 2.50 bits per heavy atom. The molecule has 0 radical (unpaired) electrons. The third-order valence-corrected chi connectivity index (χ3v) is 4.73. The van der Waals surface area contributed by atoms with Crippen molar-refractivity contribution in [2.45, 2.75) is 64.5 Å². The minimum absolute atomic E-state index is 0.0846. The van der Waals surface area contributed by atoms with Crippen LogP contribution in [0, 0.1) is 5.82 Å². The molecule has 2 rings (SSSR count). The molecule has 1 saturated heterocycles. The number of methoxy groups -OCH3 is 1. The van der Waals surface area contributed by atoms with Crippen LogP contribution in [0.4, 0.5) is 9.18 Å². The molecule has 0 N–H and O–H groups in total. The van der Waals surface area contributed by atoms with E-state index < -0.39 is 23.5 Å².